The standard InChI is InChI=1S/C15H18N4O3/c1-9-7-10(2)19(18-9)12-6-5-11(8-16-12)13(20)17-15(3,4)14(21)22/h5-8H,1-4H3,(H,17,20)(H,21,22). The summed E-state index contributed by atoms with van der Waals surface area (Å²) in [6, 6.07) is 5.19. The number of amides is 1. The van der Waals surface area contributed by atoms with E-state index in [9.17, 15) is 9.59 Å². The van der Waals surface area contributed by atoms with E-state index in [1.54, 1.807) is 16.8 Å². The van der Waals surface area contributed by atoms with E-state index in [1.165, 1.54) is 20.0 Å². The number of hydrogen-bond donors (Lipinski definition) is 2. The summed E-state index contributed by atoms with van der Waals surface area (Å²) < 4.78 is 1.68. The number of aliphatic carboxylic acids is 1. The molecule has 0 saturated heterocycles. The van der Waals surface area contributed by atoms with Gasteiger partial charge in [-0.2, -0.15) is 5.10 Å². The summed E-state index contributed by atoms with van der Waals surface area (Å²) in [7, 11) is 0. The summed E-state index contributed by atoms with van der Waals surface area (Å²) in [4.78, 5) is 27.3. The van der Waals surface area contributed by atoms with Gasteiger partial charge in [0.1, 0.15) is 5.54 Å². The van der Waals surface area contributed by atoms with Crippen LogP contribution in [0.3, 0.4) is 0 Å². The Kier molecular flexibility index (Phi) is 3.99. The maximum Gasteiger partial charge on any atom is 0.328 e. The third-order valence-corrected chi connectivity index (χ3v) is 3.20. The molecule has 22 heavy (non-hydrogen) atoms. The van der Waals surface area contributed by atoms with Crippen LogP contribution in [-0.4, -0.2) is 37.3 Å². The molecule has 0 aliphatic rings. The van der Waals surface area contributed by atoms with Gasteiger partial charge in [-0.3, -0.25) is 4.79 Å². The molecule has 0 saturated carbocycles. The number of carbonyl (C=O) groups excluding carboxylic acids is 1. The molecule has 0 aromatic carbocycles. The number of aromatic nitrogens is 3. The SMILES string of the molecule is Cc1cc(C)n(-c2ccc(C(=O)NC(C)(C)C(=O)O)cn2)n1. The lowest BCUT2D eigenvalue weighted by Crippen LogP contribution is -2.49. The minimum absolute atomic E-state index is 0.291. The number of aryl methyl sites for hydroxylation is 2. The summed E-state index contributed by atoms with van der Waals surface area (Å²) in [5, 5.41) is 15.8. The van der Waals surface area contributed by atoms with E-state index in [-0.39, 0.29) is 0 Å². The van der Waals surface area contributed by atoms with Gasteiger partial charge in [-0.15, -0.1) is 0 Å². The van der Waals surface area contributed by atoms with E-state index >= 15 is 0 Å². The largest absolute Gasteiger partial charge is 0.480 e. The van der Waals surface area contributed by atoms with Gasteiger partial charge in [-0.25, -0.2) is 14.5 Å². The van der Waals surface area contributed by atoms with Crippen molar-refractivity contribution in [2.24, 2.45) is 0 Å². The second kappa shape index (κ2) is 5.59. The Hall–Kier alpha value is -2.70. The average Bonchev–Trinajstić information content (AvgIpc) is 2.77. The summed E-state index contributed by atoms with van der Waals surface area (Å²) in [6.45, 7) is 6.65. The van der Waals surface area contributed by atoms with E-state index < -0.39 is 17.4 Å². The van der Waals surface area contributed by atoms with Crippen molar-refractivity contribution in [3.05, 3.63) is 41.3 Å². The molecule has 7 nitrogen and oxygen atoms in total. The zero-order valence-electron chi connectivity index (χ0n) is 12.9. The summed E-state index contributed by atoms with van der Waals surface area (Å²) in [5.74, 6) is -0.993. The van der Waals surface area contributed by atoms with Crippen LogP contribution >= 0.6 is 0 Å². The topological polar surface area (TPSA) is 97.1 Å². The van der Waals surface area contributed by atoms with Crippen molar-refractivity contribution in [2.75, 3.05) is 0 Å². The van der Waals surface area contributed by atoms with Crippen molar-refractivity contribution >= 4 is 11.9 Å². The van der Waals surface area contributed by atoms with Crippen molar-refractivity contribution < 1.29 is 14.7 Å². The van der Waals surface area contributed by atoms with Crippen molar-refractivity contribution in [1.29, 1.82) is 0 Å². The highest BCUT2D eigenvalue weighted by molar-refractivity contribution is 5.97. The van der Waals surface area contributed by atoms with Crippen LogP contribution in [0.4, 0.5) is 0 Å². The van der Waals surface area contributed by atoms with Crippen LogP contribution in [0.2, 0.25) is 0 Å². The molecule has 7 heteroatoms. The molecule has 2 aromatic heterocycles. The van der Waals surface area contributed by atoms with Gasteiger partial charge in [0.25, 0.3) is 5.91 Å². The van der Waals surface area contributed by atoms with Crippen LogP contribution in [0.25, 0.3) is 5.82 Å². The average molecular weight is 302 g/mol. The highest BCUT2D eigenvalue weighted by Crippen LogP contribution is 2.11. The molecule has 0 unspecified atom stereocenters. The highest BCUT2D eigenvalue weighted by atomic mass is 16.4. The molecule has 0 bridgehead atoms. The van der Waals surface area contributed by atoms with Crippen LogP contribution in [-0.2, 0) is 4.79 Å². The predicted molar refractivity (Wildman–Crippen MR) is 80.0 cm³/mol. The lowest BCUT2D eigenvalue weighted by atomic mass is 10.1. The highest BCUT2D eigenvalue weighted by Gasteiger charge is 2.29. The van der Waals surface area contributed by atoms with Crippen molar-refractivity contribution in [3.8, 4) is 5.82 Å². The number of carboxylic acid groups (broad SMARTS) is 1. The van der Waals surface area contributed by atoms with Crippen LogP contribution in [0, 0.1) is 13.8 Å². The molecule has 2 aromatic rings. The second-order valence-corrected chi connectivity index (χ2v) is 5.63. The zero-order valence-corrected chi connectivity index (χ0v) is 12.9. The minimum atomic E-state index is -1.34. The quantitative estimate of drug-likeness (QED) is 0.891. The van der Waals surface area contributed by atoms with Gasteiger partial charge < -0.3 is 10.4 Å². The van der Waals surface area contributed by atoms with Crippen LogP contribution in [0.15, 0.2) is 24.4 Å². The lowest BCUT2D eigenvalue weighted by molar-refractivity contribution is -0.143. The molecule has 0 fully saturated rings. The maximum atomic E-state index is 12.0. The van der Waals surface area contributed by atoms with Gasteiger partial charge in [0, 0.05) is 11.9 Å². The number of carbonyl (C=O) groups is 2. The Balaban J connectivity index is 2.20. The fourth-order valence-electron chi connectivity index (χ4n) is 1.92. The van der Waals surface area contributed by atoms with Gasteiger partial charge in [-0.05, 0) is 45.9 Å². The van der Waals surface area contributed by atoms with E-state index in [0.29, 0.717) is 11.4 Å². The lowest BCUT2D eigenvalue weighted by Gasteiger charge is -2.20. The first-order valence-electron chi connectivity index (χ1n) is 6.76. The van der Waals surface area contributed by atoms with E-state index in [4.69, 9.17) is 5.11 Å². The van der Waals surface area contributed by atoms with E-state index in [2.05, 4.69) is 15.4 Å². The Morgan fingerprint density at radius 3 is 2.41 bits per heavy atom. The first-order valence-corrected chi connectivity index (χ1v) is 6.76. The summed E-state index contributed by atoms with van der Waals surface area (Å²) >= 11 is 0. The molecule has 0 spiro atoms. The molecule has 2 rings (SSSR count). The second-order valence-electron chi connectivity index (χ2n) is 5.63. The zero-order chi connectivity index (χ0) is 16.5. The van der Waals surface area contributed by atoms with Crippen LogP contribution < -0.4 is 5.32 Å². The van der Waals surface area contributed by atoms with Crippen molar-refractivity contribution in [1.82, 2.24) is 20.1 Å². The number of pyridine rings is 1. The maximum absolute atomic E-state index is 12.0. The van der Waals surface area contributed by atoms with Crippen LogP contribution in [0.5, 0.6) is 0 Å². The van der Waals surface area contributed by atoms with E-state index in [1.807, 2.05) is 19.9 Å². The molecule has 0 aliphatic heterocycles. The number of nitrogens with zero attached hydrogens (tertiary/aromatic N) is 3. The molecular weight excluding hydrogens is 284 g/mol. The summed E-state index contributed by atoms with van der Waals surface area (Å²) in [6.07, 6.45) is 1.40. The van der Waals surface area contributed by atoms with E-state index in [0.717, 1.165) is 11.4 Å². The normalized spacial score (nSPS) is 11.3. The molecule has 0 radical (unpaired) electrons. The number of nitrogens with one attached hydrogen (secondary N) is 1. The monoisotopic (exact) mass is 302 g/mol. The Morgan fingerprint density at radius 2 is 1.95 bits per heavy atom. The molecule has 2 heterocycles. The fraction of sp³-hybridized carbons (Fsp3) is 0.333. The predicted octanol–water partition coefficient (Wildman–Crippen LogP) is 1.48. The number of rotatable bonds is 4. The third kappa shape index (κ3) is 3.13. The molecule has 116 valence electrons. The summed E-state index contributed by atoms with van der Waals surface area (Å²) in [5.41, 5.74) is 0.768. The van der Waals surface area contributed by atoms with Gasteiger partial charge in [0.15, 0.2) is 5.82 Å². The Morgan fingerprint density at radius 1 is 1.27 bits per heavy atom. The molecular formula is C15H18N4O3. The molecule has 1 amide bonds. The van der Waals surface area contributed by atoms with Crippen molar-refractivity contribution in [3.63, 3.8) is 0 Å². The minimum Gasteiger partial charge on any atom is -0.480 e. The number of carboxylic acids is 1. The fourth-order valence-corrected chi connectivity index (χ4v) is 1.92. The Bertz CT molecular complexity index is 717. The first-order chi connectivity index (χ1) is 10.2. The van der Waals surface area contributed by atoms with Gasteiger partial charge in [-0.1, -0.05) is 0 Å². The third-order valence-electron chi connectivity index (χ3n) is 3.20. The Labute approximate surface area is 128 Å². The van der Waals surface area contributed by atoms with Gasteiger partial charge in [0.2, 0.25) is 0 Å². The number of hydrogen-bond acceptors (Lipinski definition) is 4. The first kappa shape index (κ1) is 15.7. The molecule has 0 aliphatic carbocycles. The smallest absolute Gasteiger partial charge is 0.328 e. The van der Waals surface area contributed by atoms with Gasteiger partial charge in [0.05, 0.1) is 11.3 Å². The van der Waals surface area contributed by atoms with Crippen LogP contribution in [0.1, 0.15) is 35.6 Å². The van der Waals surface area contributed by atoms with Crippen molar-refractivity contribution in [2.45, 2.75) is 33.2 Å². The molecule has 0 atom stereocenters. The molecule has 2 N–H and O–H groups in total. The van der Waals surface area contributed by atoms with Gasteiger partial charge >= 0.3 is 5.97 Å².